The van der Waals surface area contributed by atoms with E-state index >= 15 is 0 Å². The molecule has 1 fully saturated rings. The Bertz CT molecular complexity index is 414. The standard InChI is InChI=1S/C16H29N3O/c1-5-8-19-13-14(11-17-19)12-18(6-2)15-7-9-20-16(3,4)10-15/h11,13,15H,5-10,12H2,1-4H3. The van der Waals surface area contributed by atoms with Crippen LogP contribution >= 0.6 is 0 Å². The first-order valence-corrected chi connectivity index (χ1v) is 7.93. The van der Waals surface area contributed by atoms with Crippen molar-refractivity contribution in [2.45, 2.75) is 71.7 Å². The van der Waals surface area contributed by atoms with Crippen molar-refractivity contribution >= 4 is 0 Å². The van der Waals surface area contributed by atoms with Gasteiger partial charge in [-0.1, -0.05) is 13.8 Å². The van der Waals surface area contributed by atoms with Gasteiger partial charge in [0.15, 0.2) is 0 Å². The van der Waals surface area contributed by atoms with Crippen LogP contribution in [-0.2, 0) is 17.8 Å². The third-order valence-corrected chi connectivity index (χ3v) is 4.12. The summed E-state index contributed by atoms with van der Waals surface area (Å²) in [6, 6.07) is 0.623. The molecule has 1 aromatic rings. The van der Waals surface area contributed by atoms with Gasteiger partial charge >= 0.3 is 0 Å². The summed E-state index contributed by atoms with van der Waals surface area (Å²) in [7, 11) is 0. The number of nitrogens with zero attached hydrogens (tertiary/aromatic N) is 3. The molecule has 2 heterocycles. The third-order valence-electron chi connectivity index (χ3n) is 4.12. The third kappa shape index (κ3) is 4.06. The Morgan fingerprint density at radius 1 is 1.45 bits per heavy atom. The molecular formula is C16H29N3O. The molecule has 1 saturated heterocycles. The van der Waals surface area contributed by atoms with Crippen LogP contribution in [0.4, 0.5) is 0 Å². The van der Waals surface area contributed by atoms with Crippen molar-refractivity contribution in [3.8, 4) is 0 Å². The normalized spacial score (nSPS) is 22.4. The maximum Gasteiger partial charge on any atom is 0.0641 e. The van der Waals surface area contributed by atoms with Crippen LogP contribution in [0, 0.1) is 0 Å². The Morgan fingerprint density at radius 3 is 2.90 bits per heavy atom. The highest BCUT2D eigenvalue weighted by molar-refractivity contribution is 5.04. The van der Waals surface area contributed by atoms with E-state index in [0.717, 1.165) is 45.5 Å². The average Bonchev–Trinajstić information content (AvgIpc) is 2.82. The zero-order chi connectivity index (χ0) is 14.6. The van der Waals surface area contributed by atoms with E-state index in [2.05, 4.69) is 48.6 Å². The number of aromatic nitrogens is 2. The lowest BCUT2D eigenvalue weighted by molar-refractivity contribution is -0.0838. The van der Waals surface area contributed by atoms with Gasteiger partial charge in [0, 0.05) is 37.5 Å². The predicted octanol–water partition coefficient (Wildman–Crippen LogP) is 3.07. The molecule has 2 rings (SSSR count). The second kappa shape index (κ2) is 6.72. The molecule has 1 aromatic heterocycles. The highest BCUT2D eigenvalue weighted by Crippen LogP contribution is 2.28. The van der Waals surface area contributed by atoms with Crippen LogP contribution < -0.4 is 0 Å². The van der Waals surface area contributed by atoms with E-state index in [1.165, 1.54) is 5.56 Å². The van der Waals surface area contributed by atoms with Gasteiger partial charge in [0.05, 0.1) is 11.8 Å². The molecule has 0 aromatic carbocycles. The Labute approximate surface area is 123 Å². The molecule has 1 aliphatic rings. The quantitative estimate of drug-likeness (QED) is 0.801. The fraction of sp³-hybridized carbons (Fsp3) is 0.812. The van der Waals surface area contributed by atoms with Crippen LogP contribution in [0.1, 0.15) is 52.5 Å². The molecule has 0 N–H and O–H groups in total. The number of ether oxygens (including phenoxy) is 1. The van der Waals surface area contributed by atoms with Crippen molar-refractivity contribution in [1.82, 2.24) is 14.7 Å². The van der Waals surface area contributed by atoms with Crippen molar-refractivity contribution in [3.63, 3.8) is 0 Å². The molecular weight excluding hydrogens is 250 g/mol. The first-order valence-electron chi connectivity index (χ1n) is 7.93. The number of hydrogen-bond acceptors (Lipinski definition) is 3. The maximum absolute atomic E-state index is 5.83. The van der Waals surface area contributed by atoms with Crippen molar-refractivity contribution < 1.29 is 4.74 Å². The lowest BCUT2D eigenvalue weighted by Gasteiger charge is -2.40. The summed E-state index contributed by atoms with van der Waals surface area (Å²) in [5.41, 5.74) is 1.34. The minimum Gasteiger partial charge on any atom is -0.375 e. The lowest BCUT2D eigenvalue weighted by atomic mass is 9.92. The van der Waals surface area contributed by atoms with E-state index in [0.29, 0.717) is 6.04 Å². The highest BCUT2D eigenvalue weighted by Gasteiger charge is 2.31. The number of rotatable bonds is 6. The van der Waals surface area contributed by atoms with E-state index in [-0.39, 0.29) is 5.60 Å². The van der Waals surface area contributed by atoms with E-state index in [1.807, 2.05) is 6.20 Å². The Morgan fingerprint density at radius 2 is 2.25 bits per heavy atom. The van der Waals surface area contributed by atoms with Crippen LogP contribution in [0.15, 0.2) is 12.4 Å². The highest BCUT2D eigenvalue weighted by atomic mass is 16.5. The number of aryl methyl sites for hydroxylation is 1. The predicted molar refractivity (Wildman–Crippen MR) is 81.7 cm³/mol. The van der Waals surface area contributed by atoms with E-state index < -0.39 is 0 Å². The second-order valence-corrected chi connectivity index (χ2v) is 6.43. The van der Waals surface area contributed by atoms with Gasteiger partial charge in [0.2, 0.25) is 0 Å². The molecule has 1 aliphatic heterocycles. The summed E-state index contributed by atoms with van der Waals surface area (Å²) >= 11 is 0. The summed E-state index contributed by atoms with van der Waals surface area (Å²) in [5.74, 6) is 0. The molecule has 0 amide bonds. The van der Waals surface area contributed by atoms with Crippen molar-refractivity contribution in [3.05, 3.63) is 18.0 Å². The smallest absolute Gasteiger partial charge is 0.0641 e. The summed E-state index contributed by atoms with van der Waals surface area (Å²) in [6.07, 6.45) is 7.59. The average molecular weight is 279 g/mol. The molecule has 1 atom stereocenters. The summed E-state index contributed by atoms with van der Waals surface area (Å²) in [6.45, 7) is 12.8. The van der Waals surface area contributed by atoms with Gasteiger partial charge in [-0.3, -0.25) is 9.58 Å². The van der Waals surface area contributed by atoms with E-state index in [1.54, 1.807) is 0 Å². The van der Waals surface area contributed by atoms with Gasteiger partial charge in [-0.15, -0.1) is 0 Å². The maximum atomic E-state index is 5.83. The zero-order valence-corrected chi connectivity index (χ0v) is 13.4. The topological polar surface area (TPSA) is 30.3 Å². The van der Waals surface area contributed by atoms with E-state index in [4.69, 9.17) is 4.74 Å². The van der Waals surface area contributed by atoms with Crippen molar-refractivity contribution in [2.75, 3.05) is 13.2 Å². The molecule has 0 bridgehead atoms. The number of hydrogen-bond donors (Lipinski definition) is 0. The molecule has 114 valence electrons. The molecule has 0 saturated carbocycles. The van der Waals surface area contributed by atoms with Crippen molar-refractivity contribution in [2.24, 2.45) is 0 Å². The van der Waals surface area contributed by atoms with E-state index in [9.17, 15) is 0 Å². The van der Waals surface area contributed by atoms with Crippen LogP contribution in [0.25, 0.3) is 0 Å². The van der Waals surface area contributed by atoms with Crippen molar-refractivity contribution in [1.29, 1.82) is 0 Å². The van der Waals surface area contributed by atoms with Crippen LogP contribution in [-0.4, -0.2) is 39.5 Å². The minimum atomic E-state index is 0.0166. The lowest BCUT2D eigenvalue weighted by Crippen LogP contribution is -2.45. The Hall–Kier alpha value is -0.870. The van der Waals surface area contributed by atoms with Gasteiger partial charge in [0.25, 0.3) is 0 Å². The minimum absolute atomic E-state index is 0.0166. The van der Waals surface area contributed by atoms with Gasteiger partial charge in [-0.2, -0.15) is 5.10 Å². The van der Waals surface area contributed by atoms with Gasteiger partial charge in [0.1, 0.15) is 0 Å². The largest absolute Gasteiger partial charge is 0.375 e. The van der Waals surface area contributed by atoms with Gasteiger partial charge in [-0.25, -0.2) is 0 Å². The van der Waals surface area contributed by atoms with Crippen LogP contribution in [0.3, 0.4) is 0 Å². The molecule has 4 heteroatoms. The Balaban J connectivity index is 1.97. The SMILES string of the molecule is CCCn1cc(CN(CC)C2CCOC(C)(C)C2)cn1. The summed E-state index contributed by atoms with van der Waals surface area (Å²) in [4.78, 5) is 2.57. The monoisotopic (exact) mass is 279 g/mol. The molecule has 1 unspecified atom stereocenters. The van der Waals surface area contributed by atoms with Gasteiger partial charge in [-0.05, 0) is 39.7 Å². The fourth-order valence-electron chi connectivity index (χ4n) is 3.08. The van der Waals surface area contributed by atoms with Crippen LogP contribution in [0.5, 0.6) is 0 Å². The van der Waals surface area contributed by atoms with Crippen LogP contribution in [0.2, 0.25) is 0 Å². The first-order chi connectivity index (χ1) is 9.54. The van der Waals surface area contributed by atoms with Gasteiger partial charge < -0.3 is 4.74 Å². The zero-order valence-electron chi connectivity index (χ0n) is 13.4. The summed E-state index contributed by atoms with van der Waals surface area (Å²) < 4.78 is 7.89. The molecule has 4 nitrogen and oxygen atoms in total. The fourth-order valence-corrected chi connectivity index (χ4v) is 3.08. The molecule has 20 heavy (non-hydrogen) atoms. The molecule has 0 spiro atoms. The second-order valence-electron chi connectivity index (χ2n) is 6.43. The Kier molecular flexibility index (Phi) is 5.22. The first kappa shape index (κ1) is 15.5. The summed E-state index contributed by atoms with van der Waals surface area (Å²) in [5, 5.41) is 4.43. The molecule has 0 aliphatic carbocycles. The molecule has 0 radical (unpaired) electrons.